The molecule has 1 aromatic rings. The highest BCUT2D eigenvalue weighted by Crippen LogP contribution is 2.62. The summed E-state index contributed by atoms with van der Waals surface area (Å²) in [7, 11) is 0. The Morgan fingerprint density at radius 2 is 2.03 bits per heavy atom. The molecule has 4 aliphatic carbocycles. The molecule has 1 unspecified atom stereocenters. The summed E-state index contributed by atoms with van der Waals surface area (Å²) in [5.74, 6) is 2.62. The Balaban J connectivity index is 1.40. The molecule has 0 aliphatic heterocycles. The first-order valence-corrected chi connectivity index (χ1v) is 11.8. The van der Waals surface area contributed by atoms with Gasteiger partial charge in [0.25, 0.3) is 0 Å². The Morgan fingerprint density at radius 3 is 2.80 bits per heavy atom. The number of ketones is 1. The number of carbonyl (C=O) groups is 1. The lowest BCUT2D eigenvalue weighted by Gasteiger charge is -2.51. The van der Waals surface area contributed by atoms with Crippen LogP contribution in [0.2, 0.25) is 0 Å². The Hall–Kier alpha value is -1.93. The number of hydrogen-bond donors (Lipinski definition) is 1. The van der Waals surface area contributed by atoms with Gasteiger partial charge in [-0.3, -0.25) is 4.79 Å². The van der Waals surface area contributed by atoms with E-state index in [0.29, 0.717) is 42.3 Å². The van der Waals surface area contributed by atoms with Crippen LogP contribution in [0.15, 0.2) is 66.3 Å². The summed E-state index contributed by atoms with van der Waals surface area (Å²) < 4.78 is 0. The quantitative estimate of drug-likeness (QED) is 0.644. The first-order chi connectivity index (χ1) is 14.4. The van der Waals surface area contributed by atoms with Gasteiger partial charge in [0.15, 0.2) is 0 Å². The maximum atomic E-state index is 12.9. The van der Waals surface area contributed by atoms with Crippen molar-refractivity contribution in [3.8, 4) is 0 Å². The normalized spacial score (nSPS) is 40.0. The van der Waals surface area contributed by atoms with E-state index >= 15 is 0 Å². The second-order valence-electron chi connectivity index (χ2n) is 10.5. The minimum Gasteiger partial charge on any atom is -0.385 e. The first-order valence-electron chi connectivity index (χ1n) is 11.8. The molecule has 3 saturated carbocycles. The molecule has 3 fully saturated rings. The lowest BCUT2D eigenvalue weighted by atomic mass is 9.52. The molecular weight excluding hydrogens is 368 g/mol. The topological polar surface area (TPSA) is 37.3 Å². The third-order valence-corrected chi connectivity index (χ3v) is 8.74. The fraction of sp³-hybridized carbons (Fsp3) is 0.536. The average molecular weight is 403 g/mol. The molecule has 5 rings (SSSR count). The van der Waals surface area contributed by atoms with E-state index in [1.54, 1.807) is 0 Å². The van der Waals surface area contributed by atoms with Crippen molar-refractivity contribution in [2.45, 2.75) is 63.9 Å². The van der Waals surface area contributed by atoms with Gasteiger partial charge in [-0.05, 0) is 85.0 Å². The lowest BCUT2D eigenvalue weighted by Crippen LogP contribution is -2.46. The van der Waals surface area contributed by atoms with E-state index in [1.807, 2.05) is 24.3 Å². The van der Waals surface area contributed by atoms with Crippen molar-refractivity contribution in [1.82, 2.24) is 0 Å². The molecule has 158 valence electrons. The van der Waals surface area contributed by atoms with E-state index in [4.69, 9.17) is 0 Å². The van der Waals surface area contributed by atoms with Gasteiger partial charge in [-0.2, -0.15) is 0 Å². The Morgan fingerprint density at radius 1 is 1.23 bits per heavy atom. The van der Waals surface area contributed by atoms with Crippen molar-refractivity contribution in [2.24, 2.45) is 29.1 Å². The monoisotopic (exact) mass is 402 g/mol. The van der Waals surface area contributed by atoms with Crippen LogP contribution in [0, 0.1) is 29.1 Å². The lowest BCUT2D eigenvalue weighted by molar-refractivity contribution is -0.129. The van der Waals surface area contributed by atoms with Gasteiger partial charge in [-0.25, -0.2) is 0 Å². The molecule has 0 amide bonds. The standard InChI is InChI=1S/C28H34O2/c1-3-7-20-16-25(29)27(2)14-12-23-22-13-15-28(30,17-19-8-5-4-6-9-19)18-21(22)10-11-24(23)26(20)27/h3-6,8-9,13,18,20,23-24,26,30H,1,7,10-12,14-17H2,2H3/t20-,23-,24-,26+,27-,28?/m1/s1. The summed E-state index contributed by atoms with van der Waals surface area (Å²) in [4.78, 5) is 12.9. The van der Waals surface area contributed by atoms with E-state index in [1.165, 1.54) is 16.7 Å². The minimum absolute atomic E-state index is 0.126. The Labute approximate surface area is 180 Å². The Kier molecular flexibility index (Phi) is 4.89. The molecule has 0 spiro atoms. The van der Waals surface area contributed by atoms with Crippen LogP contribution in [-0.4, -0.2) is 16.5 Å². The predicted octanol–water partition coefficient (Wildman–Crippen LogP) is 5.82. The zero-order valence-electron chi connectivity index (χ0n) is 18.1. The second kappa shape index (κ2) is 7.34. The van der Waals surface area contributed by atoms with Crippen LogP contribution in [0.1, 0.15) is 57.4 Å². The van der Waals surface area contributed by atoms with Crippen molar-refractivity contribution in [3.05, 3.63) is 71.8 Å². The third-order valence-electron chi connectivity index (χ3n) is 8.74. The highest BCUT2D eigenvalue weighted by molar-refractivity contribution is 5.87. The summed E-state index contributed by atoms with van der Waals surface area (Å²) in [6.07, 6.45) is 13.9. The number of carbonyl (C=O) groups excluding carboxylic acids is 1. The van der Waals surface area contributed by atoms with Gasteiger partial charge in [0.1, 0.15) is 5.78 Å². The van der Waals surface area contributed by atoms with Crippen molar-refractivity contribution in [2.75, 3.05) is 0 Å². The highest BCUT2D eigenvalue weighted by Gasteiger charge is 2.58. The van der Waals surface area contributed by atoms with Crippen LogP contribution in [-0.2, 0) is 11.2 Å². The van der Waals surface area contributed by atoms with Crippen LogP contribution < -0.4 is 0 Å². The SMILES string of the molecule is C=CC[C@@H]1CC(=O)[C@@]2(C)CC[C@@H]3C4=CCC(O)(Cc5ccccc5)C=C4CC[C@H]3[C@H]12. The number of Topliss-reactive ketones (excluding diaryl/α,β-unsaturated/α-hetero) is 1. The van der Waals surface area contributed by atoms with E-state index < -0.39 is 5.60 Å². The number of aliphatic hydroxyl groups is 1. The summed E-state index contributed by atoms with van der Waals surface area (Å²) in [6.45, 7) is 6.22. The third kappa shape index (κ3) is 3.15. The summed E-state index contributed by atoms with van der Waals surface area (Å²) in [5, 5.41) is 11.3. The van der Waals surface area contributed by atoms with Crippen molar-refractivity contribution in [1.29, 1.82) is 0 Å². The van der Waals surface area contributed by atoms with E-state index in [2.05, 4.69) is 37.8 Å². The summed E-state index contributed by atoms with van der Waals surface area (Å²) in [5.41, 5.74) is 3.15. The molecule has 6 atom stereocenters. The van der Waals surface area contributed by atoms with E-state index in [-0.39, 0.29) is 5.41 Å². The highest BCUT2D eigenvalue weighted by atomic mass is 16.3. The number of hydrogen-bond acceptors (Lipinski definition) is 2. The van der Waals surface area contributed by atoms with Gasteiger partial charge in [-0.15, -0.1) is 6.58 Å². The number of fused-ring (bicyclic) bond motifs is 5. The molecule has 0 bridgehead atoms. The molecule has 0 heterocycles. The van der Waals surface area contributed by atoms with E-state index in [0.717, 1.165) is 38.5 Å². The van der Waals surface area contributed by atoms with Crippen molar-refractivity contribution in [3.63, 3.8) is 0 Å². The second-order valence-corrected chi connectivity index (χ2v) is 10.5. The molecule has 2 nitrogen and oxygen atoms in total. The fourth-order valence-electron chi connectivity index (χ4n) is 7.45. The molecule has 0 aromatic heterocycles. The predicted molar refractivity (Wildman–Crippen MR) is 121 cm³/mol. The van der Waals surface area contributed by atoms with Gasteiger partial charge >= 0.3 is 0 Å². The molecule has 1 N–H and O–H groups in total. The molecule has 0 saturated heterocycles. The minimum atomic E-state index is -0.773. The zero-order chi connectivity index (χ0) is 20.9. The van der Waals surface area contributed by atoms with Crippen LogP contribution in [0.5, 0.6) is 0 Å². The summed E-state index contributed by atoms with van der Waals surface area (Å²) >= 11 is 0. The maximum Gasteiger partial charge on any atom is 0.139 e. The van der Waals surface area contributed by atoms with Crippen LogP contribution in [0.4, 0.5) is 0 Å². The fourth-order valence-corrected chi connectivity index (χ4v) is 7.45. The molecule has 2 heteroatoms. The summed E-state index contributed by atoms with van der Waals surface area (Å²) in [6, 6.07) is 10.3. The van der Waals surface area contributed by atoms with Crippen LogP contribution in [0.3, 0.4) is 0 Å². The molecule has 1 aromatic carbocycles. The van der Waals surface area contributed by atoms with Gasteiger partial charge in [-0.1, -0.05) is 49.4 Å². The van der Waals surface area contributed by atoms with E-state index in [9.17, 15) is 9.90 Å². The van der Waals surface area contributed by atoms with Crippen molar-refractivity contribution < 1.29 is 9.90 Å². The van der Waals surface area contributed by atoms with Gasteiger partial charge in [0.05, 0.1) is 5.60 Å². The van der Waals surface area contributed by atoms with Gasteiger partial charge in [0.2, 0.25) is 0 Å². The largest absolute Gasteiger partial charge is 0.385 e. The maximum absolute atomic E-state index is 12.9. The molecule has 30 heavy (non-hydrogen) atoms. The average Bonchev–Trinajstić information content (AvgIpc) is 2.98. The zero-order valence-corrected chi connectivity index (χ0v) is 18.1. The number of allylic oxidation sites excluding steroid dienone is 3. The Bertz CT molecular complexity index is 910. The van der Waals surface area contributed by atoms with Crippen molar-refractivity contribution >= 4 is 5.78 Å². The van der Waals surface area contributed by atoms with Gasteiger partial charge < -0.3 is 5.11 Å². The first kappa shape index (κ1) is 20.0. The number of rotatable bonds is 4. The smallest absolute Gasteiger partial charge is 0.139 e. The van der Waals surface area contributed by atoms with Crippen LogP contribution >= 0.6 is 0 Å². The molecule has 0 radical (unpaired) electrons. The number of benzene rings is 1. The molecule has 4 aliphatic rings. The van der Waals surface area contributed by atoms with Crippen LogP contribution in [0.25, 0.3) is 0 Å². The van der Waals surface area contributed by atoms with Gasteiger partial charge in [0, 0.05) is 18.3 Å². The molecular formula is C28H34O2.